The van der Waals surface area contributed by atoms with Crippen LogP contribution in [0.25, 0.3) is 6.08 Å². The number of hydrogen-bond acceptors (Lipinski definition) is 4. The third-order valence-electron chi connectivity index (χ3n) is 4.44. The molecule has 24 heavy (non-hydrogen) atoms. The fraction of sp³-hybridized carbons (Fsp3) is 0.412. The molecule has 1 aromatic carbocycles. The molecule has 128 valence electrons. The Hall–Kier alpha value is -2.21. The Morgan fingerprint density at radius 3 is 2.88 bits per heavy atom. The van der Waals surface area contributed by atoms with Crippen molar-refractivity contribution in [2.45, 2.75) is 25.8 Å². The zero-order valence-corrected chi connectivity index (χ0v) is 14.1. The van der Waals surface area contributed by atoms with E-state index in [1.54, 1.807) is 23.1 Å². The standard InChI is InChI=1S/C17H19ClN2O4/c1-10-2-4-12(17(19)22)8-20(10)15(21)5-3-11-6-13(18)16-14(7-11)23-9-24-16/h3,5-7,10,12H,2,4,8-9H2,1H3,(H2,19,22)/b5-3+/t10-,12-/m1/s1. The van der Waals surface area contributed by atoms with Crippen LogP contribution in [0.15, 0.2) is 18.2 Å². The zero-order chi connectivity index (χ0) is 17.3. The lowest BCUT2D eigenvalue weighted by atomic mass is 9.93. The summed E-state index contributed by atoms with van der Waals surface area (Å²) in [6.07, 6.45) is 4.65. The van der Waals surface area contributed by atoms with Crippen molar-refractivity contribution in [3.05, 3.63) is 28.8 Å². The highest BCUT2D eigenvalue weighted by Crippen LogP contribution is 2.40. The highest BCUT2D eigenvalue weighted by Gasteiger charge is 2.30. The summed E-state index contributed by atoms with van der Waals surface area (Å²) in [5, 5.41) is 0.442. The topological polar surface area (TPSA) is 81.9 Å². The Bertz CT molecular complexity index is 704. The van der Waals surface area contributed by atoms with Gasteiger partial charge in [0.15, 0.2) is 11.5 Å². The number of piperidine rings is 1. The maximum absolute atomic E-state index is 12.5. The number of benzene rings is 1. The molecule has 2 amide bonds. The molecule has 6 nitrogen and oxygen atoms in total. The number of nitrogens with two attached hydrogens (primary N) is 1. The molecule has 0 aliphatic carbocycles. The number of carbonyl (C=O) groups is 2. The lowest BCUT2D eigenvalue weighted by molar-refractivity contribution is -0.133. The highest BCUT2D eigenvalue weighted by molar-refractivity contribution is 6.32. The Morgan fingerprint density at radius 2 is 2.12 bits per heavy atom. The Balaban J connectivity index is 1.73. The largest absolute Gasteiger partial charge is 0.454 e. The van der Waals surface area contributed by atoms with E-state index < -0.39 is 0 Å². The summed E-state index contributed by atoms with van der Waals surface area (Å²) in [6.45, 7) is 2.48. The number of amides is 2. The molecule has 2 N–H and O–H groups in total. The molecule has 0 spiro atoms. The lowest BCUT2D eigenvalue weighted by Gasteiger charge is -2.36. The fourth-order valence-electron chi connectivity index (χ4n) is 2.99. The number of ether oxygens (including phenoxy) is 2. The van der Waals surface area contributed by atoms with Gasteiger partial charge in [0.25, 0.3) is 0 Å². The number of likely N-dealkylation sites (tertiary alicyclic amines) is 1. The molecule has 2 aliphatic heterocycles. The highest BCUT2D eigenvalue weighted by atomic mass is 35.5. The zero-order valence-electron chi connectivity index (χ0n) is 13.3. The number of primary amides is 1. The summed E-state index contributed by atoms with van der Waals surface area (Å²) >= 11 is 6.13. The number of rotatable bonds is 3. The van der Waals surface area contributed by atoms with Crippen molar-refractivity contribution >= 4 is 29.5 Å². The van der Waals surface area contributed by atoms with Crippen LogP contribution in [0.5, 0.6) is 11.5 Å². The van der Waals surface area contributed by atoms with Gasteiger partial charge < -0.3 is 20.1 Å². The quantitative estimate of drug-likeness (QED) is 0.847. The van der Waals surface area contributed by atoms with Gasteiger partial charge in [-0.25, -0.2) is 0 Å². The third kappa shape index (κ3) is 3.33. The van der Waals surface area contributed by atoms with Gasteiger partial charge in [0.05, 0.1) is 10.9 Å². The minimum absolute atomic E-state index is 0.0816. The van der Waals surface area contributed by atoms with Gasteiger partial charge in [-0.1, -0.05) is 11.6 Å². The monoisotopic (exact) mass is 350 g/mol. The molecule has 2 atom stereocenters. The molecule has 7 heteroatoms. The number of hydrogen-bond donors (Lipinski definition) is 1. The first kappa shape index (κ1) is 16.6. The van der Waals surface area contributed by atoms with E-state index in [-0.39, 0.29) is 30.6 Å². The van der Waals surface area contributed by atoms with Gasteiger partial charge in [-0.15, -0.1) is 0 Å². The average molecular weight is 351 g/mol. The molecular formula is C17H19ClN2O4. The molecule has 1 saturated heterocycles. The molecule has 2 aliphatic rings. The van der Waals surface area contributed by atoms with Crippen LogP contribution in [0.3, 0.4) is 0 Å². The van der Waals surface area contributed by atoms with Crippen LogP contribution < -0.4 is 15.2 Å². The lowest BCUT2D eigenvalue weighted by Crippen LogP contribution is -2.48. The first-order valence-electron chi connectivity index (χ1n) is 7.83. The van der Waals surface area contributed by atoms with Gasteiger partial charge in [0.2, 0.25) is 18.6 Å². The van der Waals surface area contributed by atoms with E-state index >= 15 is 0 Å². The number of fused-ring (bicyclic) bond motifs is 1. The predicted octanol–water partition coefficient (Wildman–Crippen LogP) is 2.19. The van der Waals surface area contributed by atoms with Crippen molar-refractivity contribution in [3.63, 3.8) is 0 Å². The van der Waals surface area contributed by atoms with E-state index in [2.05, 4.69) is 0 Å². The Morgan fingerprint density at radius 1 is 1.33 bits per heavy atom. The van der Waals surface area contributed by atoms with E-state index in [0.717, 1.165) is 18.4 Å². The number of nitrogens with zero attached hydrogens (tertiary/aromatic N) is 1. The first-order valence-corrected chi connectivity index (χ1v) is 8.20. The van der Waals surface area contributed by atoms with Gasteiger partial charge in [-0.2, -0.15) is 0 Å². The molecule has 0 bridgehead atoms. The van der Waals surface area contributed by atoms with Gasteiger partial charge in [0, 0.05) is 18.7 Å². The minimum Gasteiger partial charge on any atom is -0.454 e. The van der Waals surface area contributed by atoms with E-state index in [9.17, 15) is 9.59 Å². The second-order valence-electron chi connectivity index (χ2n) is 6.09. The van der Waals surface area contributed by atoms with Gasteiger partial charge in [-0.3, -0.25) is 9.59 Å². The second-order valence-corrected chi connectivity index (χ2v) is 6.49. The smallest absolute Gasteiger partial charge is 0.246 e. The van der Waals surface area contributed by atoms with Crippen molar-refractivity contribution in [2.75, 3.05) is 13.3 Å². The summed E-state index contributed by atoms with van der Waals surface area (Å²) in [4.78, 5) is 25.5. The van der Waals surface area contributed by atoms with Crippen LogP contribution in [0.4, 0.5) is 0 Å². The third-order valence-corrected chi connectivity index (χ3v) is 4.72. The van der Waals surface area contributed by atoms with E-state index in [1.807, 2.05) is 6.92 Å². The minimum atomic E-state index is -0.355. The van der Waals surface area contributed by atoms with Crippen LogP contribution in [0.1, 0.15) is 25.3 Å². The molecule has 1 fully saturated rings. The van der Waals surface area contributed by atoms with Crippen molar-refractivity contribution in [2.24, 2.45) is 11.7 Å². The van der Waals surface area contributed by atoms with Gasteiger partial charge in [0.1, 0.15) is 0 Å². The molecule has 0 unspecified atom stereocenters. The summed E-state index contributed by atoms with van der Waals surface area (Å²) in [7, 11) is 0. The van der Waals surface area contributed by atoms with Crippen molar-refractivity contribution in [1.29, 1.82) is 0 Å². The molecule has 2 heterocycles. The summed E-state index contributed by atoms with van der Waals surface area (Å²) in [5.74, 6) is 0.302. The van der Waals surface area contributed by atoms with Crippen molar-refractivity contribution in [3.8, 4) is 11.5 Å². The molecule has 1 aromatic rings. The van der Waals surface area contributed by atoms with Crippen LogP contribution in [0, 0.1) is 5.92 Å². The number of carbonyl (C=O) groups excluding carboxylic acids is 2. The SMILES string of the molecule is C[C@@H]1CC[C@@H](C(N)=O)CN1C(=O)/C=C/c1cc(Cl)c2c(c1)OCO2. The van der Waals surface area contributed by atoms with E-state index in [1.165, 1.54) is 6.08 Å². The maximum Gasteiger partial charge on any atom is 0.246 e. The van der Waals surface area contributed by atoms with Crippen molar-refractivity contribution in [1.82, 2.24) is 4.90 Å². The van der Waals surface area contributed by atoms with Crippen LogP contribution in [0.2, 0.25) is 5.02 Å². The molecule has 0 saturated carbocycles. The summed E-state index contributed by atoms with van der Waals surface area (Å²) < 4.78 is 10.6. The van der Waals surface area contributed by atoms with E-state index in [4.69, 9.17) is 26.8 Å². The van der Waals surface area contributed by atoms with Crippen molar-refractivity contribution < 1.29 is 19.1 Å². The second kappa shape index (κ2) is 6.73. The van der Waals surface area contributed by atoms with Crippen LogP contribution >= 0.6 is 11.6 Å². The van der Waals surface area contributed by atoms with Gasteiger partial charge >= 0.3 is 0 Å². The summed E-state index contributed by atoms with van der Waals surface area (Å²) in [6, 6.07) is 3.56. The Kier molecular flexibility index (Phi) is 4.66. The first-order chi connectivity index (χ1) is 11.5. The predicted molar refractivity (Wildman–Crippen MR) is 89.7 cm³/mol. The normalized spacial score (nSPS) is 22.8. The van der Waals surface area contributed by atoms with E-state index in [0.29, 0.717) is 23.1 Å². The Labute approximate surface area is 145 Å². The maximum atomic E-state index is 12.5. The van der Waals surface area contributed by atoms with Gasteiger partial charge in [-0.05, 0) is 43.5 Å². The summed E-state index contributed by atoms with van der Waals surface area (Å²) in [5.41, 5.74) is 6.12. The fourth-order valence-corrected chi connectivity index (χ4v) is 3.27. The number of halogens is 1. The van der Waals surface area contributed by atoms with Crippen LogP contribution in [-0.2, 0) is 9.59 Å². The molecule has 0 aromatic heterocycles. The van der Waals surface area contributed by atoms with Crippen LogP contribution in [-0.4, -0.2) is 36.1 Å². The molecule has 0 radical (unpaired) electrons. The average Bonchev–Trinajstić information content (AvgIpc) is 3.02. The molecule has 3 rings (SSSR count). The molecular weight excluding hydrogens is 332 g/mol.